The van der Waals surface area contributed by atoms with Gasteiger partial charge < -0.3 is 9.67 Å². The molecule has 0 amide bonds. The van der Waals surface area contributed by atoms with Crippen LogP contribution in [0.4, 0.5) is 0 Å². The molecule has 1 aromatic carbocycles. The van der Waals surface area contributed by atoms with Gasteiger partial charge in [0.05, 0.1) is 0 Å². The normalized spacial score (nSPS) is 18.1. The fourth-order valence-corrected chi connectivity index (χ4v) is 2.77. The summed E-state index contributed by atoms with van der Waals surface area (Å²) in [5.74, 6) is -0.00125. The number of aryl methyl sites for hydroxylation is 2. The molecule has 0 fully saturated rings. The highest BCUT2D eigenvalue weighted by Gasteiger charge is 2.28. The Morgan fingerprint density at radius 3 is 3.05 bits per heavy atom. The number of imidazole rings is 1. The Morgan fingerprint density at radius 2 is 2.32 bits per heavy atom. The monoisotopic (exact) mass is 256 g/mol. The Labute approximate surface area is 111 Å². The van der Waals surface area contributed by atoms with Crippen LogP contribution in [0.5, 0.6) is 0 Å². The van der Waals surface area contributed by atoms with Crippen LogP contribution in [0.1, 0.15) is 30.1 Å². The van der Waals surface area contributed by atoms with Gasteiger partial charge >= 0.3 is 5.97 Å². The van der Waals surface area contributed by atoms with E-state index in [2.05, 4.69) is 4.98 Å². The van der Waals surface area contributed by atoms with E-state index in [4.69, 9.17) is 0 Å². The van der Waals surface area contributed by atoms with Crippen LogP contribution >= 0.6 is 0 Å². The standard InChI is InChI=1S/C15H16N2O2/c1-10-4-2-5-11(8-10)14-16-9-12-6-3-7-13(15(18)19)17(12)14/h2,4-5,8-9,13H,3,6-7H2,1H3,(H,18,19). The first-order valence-corrected chi connectivity index (χ1v) is 6.53. The first kappa shape index (κ1) is 12.0. The van der Waals surface area contributed by atoms with Crippen LogP contribution in [0.2, 0.25) is 0 Å². The maximum atomic E-state index is 11.4. The predicted molar refractivity (Wildman–Crippen MR) is 72.0 cm³/mol. The van der Waals surface area contributed by atoms with Gasteiger partial charge in [-0.1, -0.05) is 23.8 Å². The number of aromatic nitrogens is 2. The van der Waals surface area contributed by atoms with E-state index in [0.717, 1.165) is 35.5 Å². The highest BCUT2D eigenvalue weighted by atomic mass is 16.4. The summed E-state index contributed by atoms with van der Waals surface area (Å²) >= 11 is 0. The van der Waals surface area contributed by atoms with Crippen LogP contribution in [0.15, 0.2) is 30.5 Å². The van der Waals surface area contributed by atoms with Gasteiger partial charge in [-0.05, 0) is 32.3 Å². The lowest BCUT2D eigenvalue weighted by molar-refractivity contribution is -0.141. The van der Waals surface area contributed by atoms with Crippen molar-refractivity contribution in [2.24, 2.45) is 0 Å². The van der Waals surface area contributed by atoms with Crippen molar-refractivity contribution in [1.82, 2.24) is 9.55 Å². The smallest absolute Gasteiger partial charge is 0.326 e. The van der Waals surface area contributed by atoms with E-state index >= 15 is 0 Å². The third-order valence-corrected chi connectivity index (χ3v) is 3.66. The van der Waals surface area contributed by atoms with Gasteiger partial charge in [-0.2, -0.15) is 0 Å². The molecule has 3 rings (SSSR count). The minimum absolute atomic E-state index is 0.484. The lowest BCUT2D eigenvalue weighted by Gasteiger charge is -2.24. The van der Waals surface area contributed by atoms with Crippen LogP contribution < -0.4 is 0 Å². The molecule has 1 aliphatic rings. The number of carboxylic acid groups (broad SMARTS) is 1. The van der Waals surface area contributed by atoms with Gasteiger partial charge in [0.2, 0.25) is 0 Å². The van der Waals surface area contributed by atoms with Gasteiger partial charge in [0.25, 0.3) is 0 Å². The molecule has 1 aliphatic heterocycles. The number of fused-ring (bicyclic) bond motifs is 1. The highest BCUT2D eigenvalue weighted by Crippen LogP contribution is 2.31. The largest absolute Gasteiger partial charge is 0.480 e. The highest BCUT2D eigenvalue weighted by molar-refractivity contribution is 5.74. The van der Waals surface area contributed by atoms with Crippen molar-refractivity contribution in [2.45, 2.75) is 32.2 Å². The molecular weight excluding hydrogens is 240 g/mol. The summed E-state index contributed by atoms with van der Waals surface area (Å²) in [5.41, 5.74) is 3.16. The first-order valence-electron chi connectivity index (χ1n) is 6.53. The lowest BCUT2D eigenvalue weighted by atomic mass is 10.0. The molecule has 0 aliphatic carbocycles. The number of benzene rings is 1. The van der Waals surface area contributed by atoms with Crippen molar-refractivity contribution in [3.05, 3.63) is 41.7 Å². The van der Waals surface area contributed by atoms with Gasteiger partial charge in [-0.25, -0.2) is 9.78 Å². The number of aliphatic carboxylic acids is 1. The van der Waals surface area contributed by atoms with Crippen molar-refractivity contribution in [3.63, 3.8) is 0 Å². The van der Waals surface area contributed by atoms with E-state index in [1.807, 2.05) is 42.0 Å². The van der Waals surface area contributed by atoms with Crippen LogP contribution in [-0.4, -0.2) is 20.6 Å². The zero-order valence-electron chi connectivity index (χ0n) is 10.8. The Hall–Kier alpha value is -2.10. The molecule has 1 aromatic heterocycles. The third-order valence-electron chi connectivity index (χ3n) is 3.66. The van der Waals surface area contributed by atoms with Crippen molar-refractivity contribution in [2.75, 3.05) is 0 Å². The van der Waals surface area contributed by atoms with Crippen LogP contribution in [-0.2, 0) is 11.2 Å². The maximum Gasteiger partial charge on any atom is 0.326 e. The number of hydrogen-bond donors (Lipinski definition) is 1. The fraction of sp³-hybridized carbons (Fsp3) is 0.333. The second-order valence-corrected chi connectivity index (χ2v) is 5.06. The first-order chi connectivity index (χ1) is 9.16. The topological polar surface area (TPSA) is 55.1 Å². The van der Waals surface area contributed by atoms with Gasteiger partial charge in [0.15, 0.2) is 0 Å². The van der Waals surface area contributed by atoms with Gasteiger partial charge in [-0.15, -0.1) is 0 Å². The van der Waals surface area contributed by atoms with Gasteiger partial charge in [0, 0.05) is 17.5 Å². The summed E-state index contributed by atoms with van der Waals surface area (Å²) in [7, 11) is 0. The molecule has 2 heterocycles. The van der Waals surface area contributed by atoms with E-state index in [9.17, 15) is 9.90 Å². The molecule has 1 unspecified atom stereocenters. The Balaban J connectivity index is 2.14. The maximum absolute atomic E-state index is 11.4. The molecule has 2 aromatic rings. The number of rotatable bonds is 2. The second kappa shape index (κ2) is 4.53. The van der Waals surface area contributed by atoms with Crippen molar-refractivity contribution in [3.8, 4) is 11.4 Å². The summed E-state index contributed by atoms with van der Waals surface area (Å²) < 4.78 is 1.89. The zero-order valence-corrected chi connectivity index (χ0v) is 10.8. The van der Waals surface area contributed by atoms with E-state index < -0.39 is 12.0 Å². The van der Waals surface area contributed by atoms with E-state index in [0.29, 0.717) is 6.42 Å². The van der Waals surface area contributed by atoms with Crippen LogP contribution in [0.25, 0.3) is 11.4 Å². The minimum atomic E-state index is -0.771. The minimum Gasteiger partial charge on any atom is -0.480 e. The molecule has 0 saturated heterocycles. The van der Waals surface area contributed by atoms with E-state index in [-0.39, 0.29) is 0 Å². The molecule has 98 valence electrons. The average molecular weight is 256 g/mol. The molecule has 4 heteroatoms. The molecule has 0 bridgehead atoms. The summed E-state index contributed by atoms with van der Waals surface area (Å²) in [6.07, 6.45) is 4.31. The summed E-state index contributed by atoms with van der Waals surface area (Å²) in [4.78, 5) is 15.9. The quantitative estimate of drug-likeness (QED) is 0.898. The Morgan fingerprint density at radius 1 is 1.47 bits per heavy atom. The molecule has 1 N–H and O–H groups in total. The average Bonchev–Trinajstić information content (AvgIpc) is 2.82. The van der Waals surface area contributed by atoms with Crippen molar-refractivity contribution < 1.29 is 9.90 Å². The fourth-order valence-electron chi connectivity index (χ4n) is 2.77. The van der Waals surface area contributed by atoms with Crippen LogP contribution in [0.3, 0.4) is 0 Å². The third kappa shape index (κ3) is 2.03. The summed E-state index contributed by atoms with van der Waals surface area (Å²) in [6, 6.07) is 7.55. The number of nitrogens with zero attached hydrogens (tertiary/aromatic N) is 2. The molecule has 19 heavy (non-hydrogen) atoms. The molecule has 0 spiro atoms. The van der Waals surface area contributed by atoms with Gasteiger partial charge in [-0.3, -0.25) is 0 Å². The SMILES string of the molecule is Cc1cccc(-c2ncc3n2C(C(=O)O)CCC3)c1. The molecule has 0 saturated carbocycles. The number of carboxylic acids is 1. The van der Waals surface area contributed by atoms with Crippen molar-refractivity contribution >= 4 is 5.97 Å². The Bertz CT molecular complexity index is 631. The molecule has 4 nitrogen and oxygen atoms in total. The number of carbonyl (C=O) groups is 1. The zero-order chi connectivity index (χ0) is 13.4. The van der Waals surface area contributed by atoms with Crippen molar-refractivity contribution in [1.29, 1.82) is 0 Å². The molecule has 0 radical (unpaired) electrons. The Kier molecular flexibility index (Phi) is 2.85. The van der Waals surface area contributed by atoms with E-state index in [1.165, 1.54) is 0 Å². The summed E-state index contributed by atoms with van der Waals surface area (Å²) in [5, 5.41) is 9.38. The predicted octanol–water partition coefficient (Wildman–Crippen LogP) is 2.82. The molecular formula is C15H16N2O2. The molecule has 1 atom stereocenters. The lowest BCUT2D eigenvalue weighted by Crippen LogP contribution is -2.25. The van der Waals surface area contributed by atoms with E-state index in [1.54, 1.807) is 0 Å². The van der Waals surface area contributed by atoms with Crippen LogP contribution in [0, 0.1) is 6.92 Å². The number of hydrogen-bond acceptors (Lipinski definition) is 2. The summed E-state index contributed by atoms with van der Waals surface area (Å²) in [6.45, 7) is 2.03. The second-order valence-electron chi connectivity index (χ2n) is 5.06. The van der Waals surface area contributed by atoms with Gasteiger partial charge in [0.1, 0.15) is 11.9 Å².